The number of thiophene rings is 1. The van der Waals surface area contributed by atoms with Crippen molar-refractivity contribution in [3.63, 3.8) is 0 Å². The van der Waals surface area contributed by atoms with Crippen LogP contribution in [0.25, 0.3) is 75.0 Å². The van der Waals surface area contributed by atoms with Gasteiger partial charge in [0.25, 0.3) is 0 Å². The zero-order valence-electron chi connectivity index (χ0n) is 23.5. The van der Waals surface area contributed by atoms with Gasteiger partial charge in [-0.2, -0.15) is 0 Å². The van der Waals surface area contributed by atoms with Crippen LogP contribution in [0.4, 0.5) is 17.3 Å². The van der Waals surface area contributed by atoms with E-state index in [1.807, 2.05) is 11.3 Å². The molecule has 1 aliphatic rings. The highest BCUT2D eigenvalue weighted by atomic mass is 32.1. The third-order valence-corrected chi connectivity index (χ3v) is 10.2. The quantitative estimate of drug-likeness (QED) is 0.191. The van der Waals surface area contributed by atoms with Crippen LogP contribution < -0.4 is 4.90 Å². The molecule has 0 spiro atoms. The van der Waals surface area contributed by atoms with Gasteiger partial charge in [-0.3, -0.25) is 4.90 Å². The molecular weight excluding hydrogens is 555 g/mol. The van der Waals surface area contributed by atoms with E-state index in [4.69, 9.17) is 9.97 Å². The van der Waals surface area contributed by atoms with Gasteiger partial charge in [0.15, 0.2) is 0 Å². The zero-order valence-corrected chi connectivity index (χ0v) is 24.3. The molecule has 0 unspecified atom stereocenters. The highest BCUT2D eigenvalue weighted by molar-refractivity contribution is 7.26. The first-order valence-corrected chi connectivity index (χ1v) is 15.7. The molecule has 3 nitrogen and oxygen atoms in total. The van der Waals surface area contributed by atoms with Crippen LogP contribution in [0.1, 0.15) is 0 Å². The maximum Gasteiger partial charge on any atom is 0.235 e. The van der Waals surface area contributed by atoms with Crippen LogP contribution in [0.5, 0.6) is 0 Å². The Hall–Kier alpha value is -5.58. The van der Waals surface area contributed by atoms with Crippen molar-refractivity contribution >= 4 is 81.3 Å². The first-order valence-electron chi connectivity index (χ1n) is 14.8. The van der Waals surface area contributed by atoms with E-state index in [0.29, 0.717) is 5.95 Å². The van der Waals surface area contributed by atoms with Crippen molar-refractivity contribution in [3.05, 3.63) is 140 Å². The normalized spacial score (nSPS) is 12.5. The summed E-state index contributed by atoms with van der Waals surface area (Å²) in [5, 5.41) is 8.44. The lowest BCUT2D eigenvalue weighted by atomic mass is 9.90. The molecule has 1 aliphatic heterocycles. The molecule has 0 aliphatic carbocycles. The molecular formula is C40H23N3S. The molecule has 0 radical (unpaired) electrons. The number of rotatable bonds is 2. The van der Waals surface area contributed by atoms with Crippen molar-refractivity contribution in [2.75, 3.05) is 4.90 Å². The maximum atomic E-state index is 5.48. The van der Waals surface area contributed by atoms with Gasteiger partial charge in [0, 0.05) is 37.4 Å². The van der Waals surface area contributed by atoms with Crippen molar-refractivity contribution in [1.82, 2.24) is 9.97 Å². The lowest BCUT2D eigenvalue weighted by molar-refractivity contribution is 1.12. The fourth-order valence-corrected chi connectivity index (χ4v) is 8.29. The summed E-state index contributed by atoms with van der Waals surface area (Å²) in [4.78, 5) is 13.2. The van der Waals surface area contributed by atoms with Crippen LogP contribution in [0.2, 0.25) is 0 Å². The molecule has 0 amide bonds. The molecule has 2 aromatic heterocycles. The minimum atomic E-state index is 0.680. The average Bonchev–Trinajstić information content (AvgIpc) is 3.46. The van der Waals surface area contributed by atoms with E-state index >= 15 is 0 Å². The summed E-state index contributed by atoms with van der Waals surface area (Å²) in [7, 11) is 0. The fourth-order valence-electron chi connectivity index (χ4n) is 7.07. The average molecular weight is 578 g/mol. The highest BCUT2D eigenvalue weighted by Crippen LogP contribution is 2.55. The largest absolute Gasteiger partial charge is 0.276 e. The Morgan fingerprint density at radius 3 is 2.20 bits per heavy atom. The number of anilines is 3. The summed E-state index contributed by atoms with van der Waals surface area (Å²) < 4.78 is 2.54. The number of para-hydroxylation sites is 1. The summed E-state index contributed by atoms with van der Waals surface area (Å²) in [6.45, 7) is 0. The predicted octanol–water partition coefficient (Wildman–Crippen LogP) is 11.4. The number of hydrogen-bond acceptors (Lipinski definition) is 4. The van der Waals surface area contributed by atoms with Crippen LogP contribution in [-0.2, 0) is 0 Å². The molecule has 7 aromatic carbocycles. The van der Waals surface area contributed by atoms with E-state index in [9.17, 15) is 0 Å². The Bertz CT molecular complexity index is 2620. The first-order chi connectivity index (χ1) is 21.8. The third-order valence-electron chi connectivity index (χ3n) is 8.96. The molecule has 0 bridgehead atoms. The van der Waals surface area contributed by atoms with E-state index in [-0.39, 0.29) is 0 Å². The van der Waals surface area contributed by atoms with Crippen molar-refractivity contribution in [2.45, 2.75) is 0 Å². The Balaban J connectivity index is 1.38. The van der Waals surface area contributed by atoms with Gasteiger partial charge in [-0.15, -0.1) is 11.3 Å². The summed E-state index contributed by atoms with van der Waals surface area (Å²) >= 11 is 1.85. The molecule has 4 heteroatoms. The van der Waals surface area contributed by atoms with Gasteiger partial charge >= 0.3 is 0 Å². The monoisotopic (exact) mass is 577 g/mol. The van der Waals surface area contributed by atoms with E-state index in [2.05, 4.69) is 144 Å². The Labute approximate surface area is 257 Å². The second-order valence-corrected chi connectivity index (χ2v) is 12.4. The van der Waals surface area contributed by atoms with Gasteiger partial charge < -0.3 is 0 Å². The molecule has 0 saturated heterocycles. The van der Waals surface area contributed by atoms with Crippen molar-refractivity contribution < 1.29 is 0 Å². The van der Waals surface area contributed by atoms with Crippen LogP contribution in [0, 0.1) is 0 Å². The number of fused-ring (bicyclic) bond motifs is 9. The Kier molecular flexibility index (Phi) is 4.87. The molecule has 204 valence electrons. The third kappa shape index (κ3) is 3.26. The minimum absolute atomic E-state index is 0.680. The predicted molar refractivity (Wildman–Crippen MR) is 187 cm³/mol. The number of nitrogens with zero attached hydrogens (tertiary/aromatic N) is 3. The second-order valence-electron chi connectivity index (χ2n) is 11.4. The first kappa shape index (κ1) is 23.9. The molecule has 0 saturated carbocycles. The molecule has 3 heterocycles. The van der Waals surface area contributed by atoms with Gasteiger partial charge in [0.05, 0.1) is 27.3 Å². The maximum absolute atomic E-state index is 5.48. The fraction of sp³-hybridized carbons (Fsp3) is 0. The SMILES string of the molecule is c1ccc(-c2nc(N3c4ccccc4-c4cccc5cc6c(sc7ccccc76)c3c45)nc3ccc4ccccc4c23)cc1. The molecule has 9 aromatic rings. The molecule has 0 N–H and O–H groups in total. The van der Waals surface area contributed by atoms with E-state index in [0.717, 1.165) is 38.9 Å². The zero-order chi connectivity index (χ0) is 28.8. The molecule has 0 atom stereocenters. The topological polar surface area (TPSA) is 29.0 Å². The Morgan fingerprint density at radius 2 is 1.27 bits per heavy atom. The van der Waals surface area contributed by atoms with Crippen LogP contribution >= 0.6 is 11.3 Å². The van der Waals surface area contributed by atoms with Crippen LogP contribution in [-0.4, -0.2) is 9.97 Å². The number of aromatic nitrogens is 2. The van der Waals surface area contributed by atoms with Crippen molar-refractivity contribution in [1.29, 1.82) is 0 Å². The van der Waals surface area contributed by atoms with Crippen LogP contribution in [0.15, 0.2) is 140 Å². The van der Waals surface area contributed by atoms with Gasteiger partial charge in [0.1, 0.15) is 0 Å². The molecule has 44 heavy (non-hydrogen) atoms. The van der Waals surface area contributed by atoms with Crippen molar-refractivity contribution in [2.24, 2.45) is 0 Å². The van der Waals surface area contributed by atoms with Gasteiger partial charge in [0.2, 0.25) is 5.95 Å². The molecule has 10 rings (SSSR count). The summed E-state index contributed by atoms with van der Waals surface area (Å²) in [5.74, 6) is 0.680. The highest BCUT2D eigenvalue weighted by Gasteiger charge is 2.31. The lowest BCUT2D eigenvalue weighted by Gasteiger charge is -2.32. The summed E-state index contributed by atoms with van der Waals surface area (Å²) in [6.07, 6.45) is 0. The van der Waals surface area contributed by atoms with E-state index < -0.39 is 0 Å². The van der Waals surface area contributed by atoms with Gasteiger partial charge in [-0.05, 0) is 46.0 Å². The van der Waals surface area contributed by atoms with E-state index in [1.54, 1.807) is 0 Å². The van der Waals surface area contributed by atoms with Crippen LogP contribution in [0.3, 0.4) is 0 Å². The Morgan fingerprint density at radius 1 is 0.523 bits per heavy atom. The molecule has 0 fully saturated rings. The summed E-state index contributed by atoms with van der Waals surface area (Å²) in [6, 6.07) is 49.8. The second kappa shape index (κ2) is 8.96. The smallest absolute Gasteiger partial charge is 0.235 e. The van der Waals surface area contributed by atoms with E-state index in [1.165, 1.54) is 47.5 Å². The lowest BCUT2D eigenvalue weighted by Crippen LogP contribution is -2.18. The minimum Gasteiger partial charge on any atom is -0.276 e. The van der Waals surface area contributed by atoms with Gasteiger partial charge in [-0.25, -0.2) is 9.97 Å². The van der Waals surface area contributed by atoms with Gasteiger partial charge in [-0.1, -0.05) is 115 Å². The number of benzene rings is 7. The standard InChI is InChI=1S/C40H23N3S/c1-2-12-25(13-3-1)37-36-27-15-5-4-11-24(27)21-22-32(36)41-40(42-37)43-33-19-8-6-16-28(33)30-18-10-14-26-23-31-29-17-7-9-20-34(29)44-39(31)38(43)35(26)30/h1-23H. The summed E-state index contributed by atoms with van der Waals surface area (Å²) in [5.41, 5.74) is 7.65. The number of hydrogen-bond donors (Lipinski definition) is 0. The van der Waals surface area contributed by atoms with Crippen molar-refractivity contribution in [3.8, 4) is 22.4 Å².